The van der Waals surface area contributed by atoms with E-state index in [0.29, 0.717) is 35.8 Å². The molecule has 0 fully saturated rings. The topological polar surface area (TPSA) is 126 Å². The van der Waals surface area contributed by atoms with Crippen LogP contribution in [0, 0.1) is 6.92 Å². The molecule has 2 aromatic heterocycles. The molecule has 63 heavy (non-hydrogen) atoms. The lowest BCUT2D eigenvalue weighted by atomic mass is 9.77. The Hall–Kier alpha value is -7.83. The van der Waals surface area contributed by atoms with Crippen LogP contribution in [0.3, 0.4) is 0 Å². The molecule has 0 radical (unpaired) electrons. The first-order valence-corrected chi connectivity index (χ1v) is 20.8. The summed E-state index contributed by atoms with van der Waals surface area (Å²) >= 11 is 0. The highest BCUT2D eigenvalue weighted by molar-refractivity contribution is 6.01. The van der Waals surface area contributed by atoms with E-state index in [1.54, 1.807) is 36.4 Å². The number of aryl methyl sites for hydroxylation is 1. The first kappa shape index (κ1) is 40.6. The van der Waals surface area contributed by atoms with Gasteiger partial charge in [0.15, 0.2) is 0 Å². The maximum atomic E-state index is 13.7. The van der Waals surface area contributed by atoms with Crippen molar-refractivity contribution in [1.82, 2.24) is 24.8 Å². The number of hydrogen-bond donors (Lipinski definition) is 1. The number of ether oxygens (including phenoxy) is 3. The van der Waals surface area contributed by atoms with Gasteiger partial charge >= 0.3 is 11.9 Å². The summed E-state index contributed by atoms with van der Waals surface area (Å²) in [5, 5.41) is 17.2. The van der Waals surface area contributed by atoms with Crippen LogP contribution in [0.4, 0.5) is 11.4 Å². The van der Waals surface area contributed by atoms with E-state index in [2.05, 4.69) is 94.9 Å². The van der Waals surface area contributed by atoms with Crippen molar-refractivity contribution in [2.45, 2.75) is 45.5 Å². The summed E-state index contributed by atoms with van der Waals surface area (Å²) < 4.78 is 21.3. The third-order valence-electron chi connectivity index (χ3n) is 11.1. The minimum Gasteiger partial charge on any atom is -0.422 e. The molecule has 1 aliphatic rings. The number of hydrogen-bond acceptors (Lipinski definition) is 10. The molecule has 6 aromatic carbocycles. The van der Waals surface area contributed by atoms with Crippen molar-refractivity contribution in [1.29, 1.82) is 0 Å². The van der Waals surface area contributed by atoms with Crippen LogP contribution >= 0.6 is 0 Å². The van der Waals surface area contributed by atoms with E-state index >= 15 is 0 Å². The van der Waals surface area contributed by atoms with Gasteiger partial charge in [0.05, 0.1) is 28.2 Å². The molecule has 12 heteroatoms. The number of aromatic nitrogens is 5. The van der Waals surface area contributed by atoms with Gasteiger partial charge in [-0.1, -0.05) is 127 Å². The third-order valence-corrected chi connectivity index (χ3v) is 11.1. The molecule has 2 atom stereocenters. The molecule has 0 aliphatic carbocycles. The molecular formula is C51H45N7O5. The van der Waals surface area contributed by atoms with Crippen LogP contribution in [0.2, 0.25) is 0 Å². The number of carbonyl (C=O) groups is 2. The van der Waals surface area contributed by atoms with Gasteiger partial charge in [0.1, 0.15) is 5.54 Å². The second-order valence-electron chi connectivity index (χ2n) is 15.2. The summed E-state index contributed by atoms with van der Waals surface area (Å²) in [7, 11) is 0. The van der Waals surface area contributed by atoms with Crippen molar-refractivity contribution < 1.29 is 23.8 Å². The Morgan fingerprint density at radius 2 is 1.32 bits per heavy atom. The molecular weight excluding hydrogens is 791 g/mol. The Balaban J connectivity index is 1.03. The fourth-order valence-corrected chi connectivity index (χ4v) is 8.36. The molecule has 2 unspecified atom stereocenters. The molecule has 1 N–H and O–H groups in total. The molecule has 12 nitrogen and oxygen atoms in total. The lowest BCUT2D eigenvalue weighted by Gasteiger charge is -2.36. The number of fused-ring (bicyclic) bond motifs is 1. The minimum atomic E-state index is -1.13. The highest BCUT2D eigenvalue weighted by Crippen LogP contribution is 2.43. The second kappa shape index (κ2) is 17.6. The van der Waals surface area contributed by atoms with E-state index in [-0.39, 0.29) is 0 Å². The highest BCUT2D eigenvalue weighted by atomic mass is 16.7. The molecule has 8 aromatic rings. The number of tetrazole rings is 1. The summed E-state index contributed by atoms with van der Waals surface area (Å²) in [4.78, 5) is 28.4. The molecule has 9 rings (SSSR count). The fourth-order valence-electron chi connectivity index (χ4n) is 8.36. The van der Waals surface area contributed by atoms with Crippen molar-refractivity contribution in [2.24, 2.45) is 0 Å². The van der Waals surface area contributed by atoms with E-state index in [1.807, 2.05) is 83.2 Å². The average Bonchev–Trinajstić information content (AvgIpc) is 4.06. The van der Waals surface area contributed by atoms with Crippen molar-refractivity contribution in [3.05, 3.63) is 215 Å². The number of rotatable bonds is 14. The quantitative estimate of drug-likeness (QED) is 0.0644. The maximum Gasteiger partial charge on any atom is 0.343 e. The Morgan fingerprint density at radius 3 is 1.92 bits per heavy atom. The minimum absolute atomic E-state index is 0.309. The highest BCUT2D eigenvalue weighted by Gasteiger charge is 2.42. The zero-order valence-electron chi connectivity index (χ0n) is 35.0. The number of esters is 2. The lowest BCUT2D eigenvalue weighted by Crippen LogP contribution is -2.39. The molecule has 0 saturated heterocycles. The van der Waals surface area contributed by atoms with Crippen molar-refractivity contribution in [3.8, 4) is 17.2 Å². The largest absolute Gasteiger partial charge is 0.422 e. The third kappa shape index (κ3) is 7.84. The zero-order valence-corrected chi connectivity index (χ0v) is 35.0. The standard InChI is InChI=1S/C51H45N7O5/c1-4-61-50-52-44-27-17-26-43(49(60)63-36(3)62-48(59)38-18-9-5-10-19-38)46(44)57(50)34-37-28-30-42(31-29-37)56-33-35(2)32-45(56)47-53-54-55-58(47)51(39-20-11-6-12-21-39,40-22-13-7-14-23-40)41-24-15-8-16-25-41/h5-33,36,50,52H,4,34H2,1-3H3. The zero-order chi connectivity index (χ0) is 43.3. The normalized spacial score (nSPS) is 13.8. The Labute approximate surface area is 365 Å². The van der Waals surface area contributed by atoms with Gasteiger partial charge in [-0.05, 0) is 94.6 Å². The van der Waals surface area contributed by atoms with Crippen LogP contribution in [0.25, 0.3) is 17.2 Å². The van der Waals surface area contributed by atoms with Crippen LogP contribution in [0.1, 0.15) is 62.4 Å². The predicted octanol–water partition coefficient (Wildman–Crippen LogP) is 9.39. The fraction of sp³-hybridized carbons (Fsp3) is 0.157. The molecule has 0 saturated carbocycles. The van der Waals surface area contributed by atoms with Gasteiger partial charge in [-0.3, -0.25) is 0 Å². The average molecular weight is 836 g/mol. The van der Waals surface area contributed by atoms with Crippen molar-refractivity contribution >= 4 is 23.3 Å². The number of para-hydroxylation sites is 1. The Kier molecular flexibility index (Phi) is 11.4. The summed E-state index contributed by atoms with van der Waals surface area (Å²) in [6.07, 6.45) is 0.404. The monoisotopic (exact) mass is 835 g/mol. The van der Waals surface area contributed by atoms with Gasteiger partial charge in [0.25, 0.3) is 0 Å². The molecule has 0 spiro atoms. The van der Waals surface area contributed by atoms with Crippen LogP contribution in [0.15, 0.2) is 176 Å². The number of nitrogens with zero attached hydrogens (tertiary/aromatic N) is 6. The van der Waals surface area contributed by atoms with Crippen LogP contribution in [-0.2, 0) is 26.3 Å². The maximum absolute atomic E-state index is 13.7. The first-order valence-electron chi connectivity index (χ1n) is 20.8. The van der Waals surface area contributed by atoms with E-state index in [1.165, 1.54) is 6.92 Å². The number of carbonyl (C=O) groups excluding carboxylic acids is 2. The van der Waals surface area contributed by atoms with Gasteiger partial charge < -0.3 is 29.0 Å². The lowest BCUT2D eigenvalue weighted by molar-refractivity contribution is -0.0691. The van der Waals surface area contributed by atoms with Gasteiger partial charge in [-0.25, -0.2) is 14.3 Å². The SMILES string of the molecule is CCOC1Nc2cccc(C(=O)OC(C)OC(=O)c3ccccc3)c2N1Cc1ccc(-n2cc(C)cc2-c2nnnn2C(c2ccccc2)(c2ccccc2)c2ccccc2)cc1. The second-order valence-corrected chi connectivity index (χ2v) is 15.2. The predicted molar refractivity (Wildman–Crippen MR) is 240 cm³/mol. The molecule has 0 bridgehead atoms. The summed E-state index contributed by atoms with van der Waals surface area (Å²) in [5.74, 6) is -0.627. The Morgan fingerprint density at radius 1 is 0.730 bits per heavy atom. The molecule has 1 aliphatic heterocycles. The summed E-state index contributed by atoms with van der Waals surface area (Å²) in [6.45, 7) is 6.34. The summed E-state index contributed by atoms with van der Waals surface area (Å²) in [5.41, 5.74) is 7.87. The Bertz CT molecular complexity index is 2730. The van der Waals surface area contributed by atoms with Gasteiger partial charge in [-0.2, -0.15) is 0 Å². The molecule has 3 heterocycles. The number of nitrogens with one attached hydrogen (secondary N) is 1. The van der Waals surface area contributed by atoms with Crippen molar-refractivity contribution in [2.75, 3.05) is 16.8 Å². The van der Waals surface area contributed by atoms with E-state index in [4.69, 9.17) is 24.5 Å². The first-order chi connectivity index (χ1) is 30.8. The van der Waals surface area contributed by atoms with Gasteiger partial charge in [0.2, 0.25) is 18.5 Å². The summed E-state index contributed by atoms with van der Waals surface area (Å²) in [6, 6.07) is 55.3. The van der Waals surface area contributed by atoms with Crippen LogP contribution in [0.5, 0.6) is 0 Å². The van der Waals surface area contributed by atoms with Crippen LogP contribution < -0.4 is 10.2 Å². The van der Waals surface area contributed by atoms with E-state index in [0.717, 1.165) is 44.9 Å². The molecule has 314 valence electrons. The van der Waals surface area contributed by atoms with Crippen molar-refractivity contribution in [3.63, 3.8) is 0 Å². The van der Waals surface area contributed by atoms with Gasteiger partial charge in [0, 0.05) is 32.0 Å². The molecule has 0 amide bonds. The smallest absolute Gasteiger partial charge is 0.343 e. The van der Waals surface area contributed by atoms with Crippen LogP contribution in [-0.4, -0.2) is 56.0 Å². The number of benzene rings is 6. The van der Waals surface area contributed by atoms with E-state index in [9.17, 15) is 9.59 Å². The van der Waals surface area contributed by atoms with Gasteiger partial charge in [-0.15, -0.1) is 5.10 Å². The number of anilines is 2. The van der Waals surface area contributed by atoms with E-state index < -0.39 is 30.1 Å².